The summed E-state index contributed by atoms with van der Waals surface area (Å²) >= 11 is 0. The van der Waals surface area contributed by atoms with Gasteiger partial charge < -0.3 is 10.6 Å². The quantitative estimate of drug-likeness (QED) is 0.565. The first-order valence-electron chi connectivity index (χ1n) is 3.67. The molecule has 1 aliphatic rings. The molecule has 3 nitrogen and oxygen atoms in total. The molecule has 1 unspecified atom stereocenters. The number of nitrogens with one attached hydrogen (secondary N) is 1. The molecule has 12 heavy (non-hydrogen) atoms. The second-order valence-electron chi connectivity index (χ2n) is 3.46. The van der Waals surface area contributed by atoms with Gasteiger partial charge in [-0.3, -0.25) is 4.79 Å². The van der Waals surface area contributed by atoms with E-state index in [1.165, 1.54) is 0 Å². The van der Waals surface area contributed by atoms with Gasteiger partial charge in [0.1, 0.15) is 0 Å². The third kappa shape index (κ3) is 2.94. The Labute approximate surface area is 122 Å². The molecule has 0 aromatic carbocycles. The molecule has 0 aliphatic carbocycles. The van der Waals surface area contributed by atoms with E-state index in [-0.39, 0.29) is 75.7 Å². The van der Waals surface area contributed by atoms with Gasteiger partial charge in [0.15, 0.2) is 6.03 Å². The Morgan fingerprint density at radius 2 is 2.33 bits per heavy atom. The van der Waals surface area contributed by atoms with Crippen LogP contribution in [0.1, 0.15) is 13.8 Å². The molecule has 1 heterocycles. The zero-order valence-electron chi connectivity index (χ0n) is 7.92. The smallest absolute Gasteiger partial charge is 0.449 e. The number of hydrogen-bond acceptors (Lipinski definition) is 1. The van der Waals surface area contributed by atoms with Gasteiger partial charge in [0, 0.05) is 0 Å². The van der Waals surface area contributed by atoms with Crippen LogP contribution in [0.25, 0.3) is 5.32 Å². The number of amides is 2. The van der Waals surface area contributed by atoms with E-state index in [1.807, 2.05) is 0 Å². The molecule has 1 N–H and O–H groups in total. The van der Waals surface area contributed by atoms with E-state index in [0.29, 0.717) is 6.54 Å². The summed E-state index contributed by atoms with van der Waals surface area (Å²) in [7, 11) is 0. The third-order valence-corrected chi connectivity index (χ3v) is 1.98. The molecule has 1 rings (SSSR count). The van der Waals surface area contributed by atoms with E-state index in [9.17, 15) is 4.79 Å². The largest absolute Gasteiger partial charge is 1.00 e. The van der Waals surface area contributed by atoms with Crippen molar-refractivity contribution in [3.05, 3.63) is 18.0 Å². The summed E-state index contributed by atoms with van der Waals surface area (Å²) in [5.41, 5.74) is 0.00958. The molecule has 0 radical (unpaired) electrons. The summed E-state index contributed by atoms with van der Waals surface area (Å²) in [6, 6.07) is -0.273. The van der Waals surface area contributed by atoms with Crippen molar-refractivity contribution in [3.8, 4) is 0 Å². The second-order valence-corrected chi connectivity index (χ2v) is 3.46. The summed E-state index contributed by atoms with van der Waals surface area (Å²) < 4.78 is 0. The zero-order chi connectivity index (χ0) is 8.48. The SMILES string of the molecule is C=CC1[N-]C(=O)NCC1(C)C.[Rb+]. The number of carbonyl (C=O) groups excluding carboxylic acids is 1. The van der Waals surface area contributed by atoms with Gasteiger partial charge in [-0.25, -0.2) is 0 Å². The Balaban J connectivity index is 0.00000121. The summed E-state index contributed by atoms with van der Waals surface area (Å²) in [6.07, 6.45) is 1.72. The number of rotatable bonds is 1. The van der Waals surface area contributed by atoms with Crippen LogP contribution < -0.4 is 63.5 Å². The third-order valence-electron chi connectivity index (χ3n) is 1.98. The van der Waals surface area contributed by atoms with Crippen LogP contribution in [0.3, 0.4) is 0 Å². The maximum atomic E-state index is 10.8. The van der Waals surface area contributed by atoms with Crippen molar-refractivity contribution in [2.24, 2.45) is 5.41 Å². The van der Waals surface area contributed by atoms with Crippen molar-refractivity contribution in [2.75, 3.05) is 6.54 Å². The van der Waals surface area contributed by atoms with Crippen LogP contribution in [0, 0.1) is 5.41 Å². The van der Waals surface area contributed by atoms with Gasteiger partial charge in [-0.1, -0.05) is 19.9 Å². The fraction of sp³-hybridized carbons (Fsp3) is 0.625. The van der Waals surface area contributed by atoms with Crippen LogP contribution in [-0.2, 0) is 0 Å². The standard InChI is InChI=1S/C8H14N2O.Rb/c1-4-6-8(2,3)5-9-7(11)10-6;/h4,6H,1,5H2,2-3H3,(H2,9,10,11);/q;+1/p-1. The second kappa shape index (κ2) is 4.89. The van der Waals surface area contributed by atoms with E-state index in [4.69, 9.17) is 0 Å². The van der Waals surface area contributed by atoms with Crippen LogP contribution in [0.4, 0.5) is 4.79 Å². The van der Waals surface area contributed by atoms with E-state index in [1.54, 1.807) is 6.08 Å². The predicted molar refractivity (Wildman–Crippen MR) is 44.5 cm³/mol. The van der Waals surface area contributed by atoms with Crippen molar-refractivity contribution in [2.45, 2.75) is 19.9 Å². The average Bonchev–Trinajstić information content (AvgIpc) is 1.94. The van der Waals surface area contributed by atoms with Gasteiger partial charge in [-0.15, -0.1) is 6.58 Å². The van der Waals surface area contributed by atoms with Crippen LogP contribution >= 0.6 is 0 Å². The first kappa shape index (κ1) is 12.8. The van der Waals surface area contributed by atoms with Crippen LogP contribution in [0.2, 0.25) is 0 Å². The molecule has 1 aliphatic heterocycles. The monoisotopic (exact) mass is 238 g/mol. The molecular weight excluding hydrogens is 226 g/mol. The number of carbonyl (C=O) groups is 1. The molecule has 0 spiro atoms. The van der Waals surface area contributed by atoms with E-state index in [0.717, 1.165) is 0 Å². The molecule has 2 amide bonds. The van der Waals surface area contributed by atoms with E-state index < -0.39 is 0 Å². The molecule has 0 saturated carbocycles. The summed E-state index contributed by atoms with van der Waals surface area (Å²) in [4.78, 5) is 10.8. The molecule has 1 saturated heterocycles. The summed E-state index contributed by atoms with van der Waals surface area (Å²) in [5.74, 6) is 0. The minimum Gasteiger partial charge on any atom is -0.449 e. The van der Waals surface area contributed by atoms with Crippen molar-refractivity contribution >= 4 is 6.03 Å². The molecule has 4 heteroatoms. The molecule has 0 aromatic rings. The maximum absolute atomic E-state index is 10.8. The van der Waals surface area contributed by atoms with E-state index >= 15 is 0 Å². The van der Waals surface area contributed by atoms with Crippen molar-refractivity contribution in [1.82, 2.24) is 5.32 Å². The fourth-order valence-corrected chi connectivity index (χ4v) is 1.13. The van der Waals surface area contributed by atoms with Crippen molar-refractivity contribution in [1.29, 1.82) is 0 Å². The maximum Gasteiger partial charge on any atom is 1.00 e. The summed E-state index contributed by atoms with van der Waals surface area (Å²) in [6.45, 7) is 8.43. The first-order chi connectivity index (χ1) is 5.06. The Kier molecular flexibility index (Phi) is 5.22. The fourth-order valence-electron chi connectivity index (χ4n) is 1.13. The number of nitrogens with zero attached hydrogens (tertiary/aromatic N) is 1. The molecule has 1 atom stereocenters. The molecule has 0 aromatic heterocycles. The van der Waals surface area contributed by atoms with Crippen LogP contribution in [-0.4, -0.2) is 18.6 Å². The van der Waals surface area contributed by atoms with Crippen LogP contribution in [0.15, 0.2) is 12.7 Å². The number of hydrogen-bond donors (Lipinski definition) is 1. The van der Waals surface area contributed by atoms with Gasteiger partial charge in [-0.2, -0.15) is 0 Å². The van der Waals surface area contributed by atoms with Crippen molar-refractivity contribution in [3.63, 3.8) is 0 Å². The van der Waals surface area contributed by atoms with Gasteiger partial charge in [0.25, 0.3) is 0 Å². The summed E-state index contributed by atoms with van der Waals surface area (Å²) in [5, 5.41) is 6.57. The topological polar surface area (TPSA) is 43.2 Å². The Hall–Kier alpha value is 0.815. The minimum atomic E-state index is -0.228. The Morgan fingerprint density at radius 3 is 2.75 bits per heavy atom. The predicted octanol–water partition coefficient (Wildman–Crippen LogP) is -1.33. The zero-order valence-corrected chi connectivity index (χ0v) is 12.8. The van der Waals surface area contributed by atoms with Crippen molar-refractivity contribution < 1.29 is 63.0 Å². The van der Waals surface area contributed by atoms with E-state index in [2.05, 4.69) is 31.1 Å². The first-order valence-corrected chi connectivity index (χ1v) is 3.67. The van der Waals surface area contributed by atoms with Gasteiger partial charge in [0.05, 0.1) is 0 Å². The van der Waals surface area contributed by atoms with Gasteiger partial charge >= 0.3 is 58.2 Å². The van der Waals surface area contributed by atoms with Gasteiger partial charge in [0.2, 0.25) is 0 Å². The molecule has 0 bridgehead atoms. The Morgan fingerprint density at radius 1 is 1.75 bits per heavy atom. The normalized spacial score (nSPS) is 26.2. The van der Waals surface area contributed by atoms with Crippen LogP contribution in [0.5, 0.6) is 0 Å². The van der Waals surface area contributed by atoms with Gasteiger partial charge in [-0.05, 0) is 18.0 Å². The molecule has 62 valence electrons. The Bertz CT molecular complexity index is 191. The number of urea groups is 1. The average molecular weight is 239 g/mol. The molecular formula is C8H13N2ORb. The minimum absolute atomic E-state index is 0. The molecule has 1 fully saturated rings.